The van der Waals surface area contributed by atoms with Gasteiger partial charge in [0.15, 0.2) is 4.96 Å². The van der Waals surface area contributed by atoms with Gasteiger partial charge in [-0.1, -0.05) is 0 Å². The second kappa shape index (κ2) is 4.97. The van der Waals surface area contributed by atoms with E-state index in [4.69, 9.17) is 0 Å². The van der Waals surface area contributed by atoms with E-state index in [2.05, 4.69) is 4.98 Å². The van der Waals surface area contributed by atoms with Crippen LogP contribution < -0.4 is 0 Å². The SMILES string of the molecule is CS(=O)(=O)CCSc1nc2sccn2c1CO. The first kappa shape index (κ1) is 12.9. The van der Waals surface area contributed by atoms with E-state index in [-0.39, 0.29) is 12.4 Å². The molecule has 2 rings (SSSR count). The average molecular weight is 292 g/mol. The highest BCUT2D eigenvalue weighted by Crippen LogP contribution is 2.25. The number of fused-ring (bicyclic) bond motifs is 1. The number of nitrogens with zero attached hydrogens (tertiary/aromatic N) is 2. The Hall–Kier alpha value is -0.570. The van der Waals surface area contributed by atoms with Crippen molar-refractivity contribution in [2.24, 2.45) is 0 Å². The first-order valence-electron chi connectivity index (χ1n) is 4.87. The number of thioether (sulfide) groups is 1. The fourth-order valence-electron chi connectivity index (χ4n) is 1.36. The quantitative estimate of drug-likeness (QED) is 0.833. The number of rotatable bonds is 5. The highest BCUT2D eigenvalue weighted by atomic mass is 32.2. The van der Waals surface area contributed by atoms with Gasteiger partial charge < -0.3 is 5.11 Å². The van der Waals surface area contributed by atoms with E-state index >= 15 is 0 Å². The average Bonchev–Trinajstić information content (AvgIpc) is 2.75. The monoisotopic (exact) mass is 292 g/mol. The number of sulfone groups is 1. The van der Waals surface area contributed by atoms with Crippen LogP contribution in [0.15, 0.2) is 16.6 Å². The zero-order chi connectivity index (χ0) is 12.5. The highest BCUT2D eigenvalue weighted by molar-refractivity contribution is 8.00. The molecule has 8 heteroatoms. The summed E-state index contributed by atoms with van der Waals surface area (Å²) in [5, 5.41) is 11.9. The summed E-state index contributed by atoms with van der Waals surface area (Å²) in [5.41, 5.74) is 0.722. The maximum Gasteiger partial charge on any atom is 0.195 e. The minimum Gasteiger partial charge on any atom is -0.390 e. The molecule has 2 heterocycles. The molecule has 0 aliphatic rings. The lowest BCUT2D eigenvalue weighted by Gasteiger charge is -2.00. The van der Waals surface area contributed by atoms with Gasteiger partial charge in [-0.15, -0.1) is 23.1 Å². The molecule has 2 aromatic heterocycles. The summed E-state index contributed by atoms with van der Waals surface area (Å²) in [6.07, 6.45) is 3.06. The third kappa shape index (κ3) is 3.01. The minimum absolute atomic E-state index is 0.0981. The summed E-state index contributed by atoms with van der Waals surface area (Å²) in [5.74, 6) is 0.574. The van der Waals surface area contributed by atoms with E-state index in [0.717, 1.165) is 10.7 Å². The van der Waals surface area contributed by atoms with Crippen LogP contribution in [0.3, 0.4) is 0 Å². The lowest BCUT2D eigenvalue weighted by Crippen LogP contribution is -2.05. The Morgan fingerprint density at radius 3 is 3.00 bits per heavy atom. The molecule has 0 aromatic carbocycles. The third-order valence-electron chi connectivity index (χ3n) is 2.17. The van der Waals surface area contributed by atoms with E-state index in [1.807, 2.05) is 16.0 Å². The Balaban J connectivity index is 2.15. The van der Waals surface area contributed by atoms with Crippen LogP contribution in [-0.2, 0) is 16.4 Å². The van der Waals surface area contributed by atoms with Crippen molar-refractivity contribution in [1.82, 2.24) is 9.38 Å². The molecular weight excluding hydrogens is 280 g/mol. The van der Waals surface area contributed by atoms with Crippen molar-refractivity contribution < 1.29 is 13.5 Å². The molecule has 1 N–H and O–H groups in total. The Morgan fingerprint density at radius 1 is 1.59 bits per heavy atom. The summed E-state index contributed by atoms with van der Waals surface area (Å²) < 4.78 is 23.9. The Morgan fingerprint density at radius 2 is 2.35 bits per heavy atom. The number of imidazole rings is 1. The predicted octanol–water partition coefficient (Wildman–Crippen LogP) is 1.02. The van der Waals surface area contributed by atoms with E-state index < -0.39 is 9.84 Å². The summed E-state index contributed by atoms with van der Waals surface area (Å²) in [6.45, 7) is -0.0981. The first-order valence-corrected chi connectivity index (χ1v) is 8.79. The van der Waals surface area contributed by atoms with Gasteiger partial charge in [-0.05, 0) is 0 Å². The molecule has 0 radical (unpaired) electrons. The molecule has 0 spiro atoms. The van der Waals surface area contributed by atoms with Crippen LogP contribution in [0.25, 0.3) is 4.96 Å². The second-order valence-electron chi connectivity index (χ2n) is 3.56. The molecule has 0 aliphatic heterocycles. The summed E-state index contributed by atoms with van der Waals surface area (Å²) in [4.78, 5) is 5.17. The molecule has 94 valence electrons. The zero-order valence-electron chi connectivity index (χ0n) is 9.16. The van der Waals surface area contributed by atoms with Crippen LogP contribution in [0.4, 0.5) is 0 Å². The number of thiazole rings is 1. The van der Waals surface area contributed by atoms with Crippen molar-refractivity contribution in [3.63, 3.8) is 0 Å². The molecule has 0 saturated heterocycles. The lowest BCUT2D eigenvalue weighted by atomic mass is 10.5. The normalized spacial score (nSPS) is 12.4. The van der Waals surface area contributed by atoms with Crippen LogP contribution in [0.2, 0.25) is 0 Å². The van der Waals surface area contributed by atoms with Crippen LogP contribution in [0.5, 0.6) is 0 Å². The highest BCUT2D eigenvalue weighted by Gasteiger charge is 2.13. The summed E-state index contributed by atoms with van der Waals surface area (Å²) >= 11 is 2.85. The number of hydrogen-bond acceptors (Lipinski definition) is 6. The molecule has 0 unspecified atom stereocenters. The van der Waals surface area contributed by atoms with Gasteiger partial charge in [-0.3, -0.25) is 4.40 Å². The number of hydrogen-bond donors (Lipinski definition) is 1. The Labute approximate surface area is 107 Å². The Bertz CT molecular complexity index is 614. The number of aromatic nitrogens is 2. The van der Waals surface area contributed by atoms with Crippen molar-refractivity contribution in [2.75, 3.05) is 17.8 Å². The van der Waals surface area contributed by atoms with Gasteiger partial charge in [-0.25, -0.2) is 13.4 Å². The van der Waals surface area contributed by atoms with E-state index in [9.17, 15) is 13.5 Å². The Kier molecular flexibility index (Phi) is 3.76. The van der Waals surface area contributed by atoms with Gasteiger partial charge in [0.25, 0.3) is 0 Å². The third-order valence-corrected chi connectivity index (χ3v) is 5.14. The van der Waals surface area contributed by atoms with Crippen molar-refractivity contribution in [2.45, 2.75) is 11.6 Å². The molecule has 2 aromatic rings. The summed E-state index contributed by atoms with van der Waals surface area (Å²) in [6, 6.07) is 0. The van der Waals surface area contributed by atoms with Crippen LogP contribution in [0, 0.1) is 0 Å². The topological polar surface area (TPSA) is 71.7 Å². The number of aliphatic hydroxyl groups is 1. The van der Waals surface area contributed by atoms with Crippen molar-refractivity contribution >= 4 is 37.9 Å². The second-order valence-corrected chi connectivity index (χ2v) is 7.77. The standard InChI is InChI=1S/C9H12N2O3S3/c1-17(13,14)5-4-15-8-7(6-12)11-2-3-16-9(11)10-8/h2-3,12H,4-6H2,1H3. The van der Waals surface area contributed by atoms with Gasteiger partial charge in [0.05, 0.1) is 18.1 Å². The van der Waals surface area contributed by atoms with Crippen molar-refractivity contribution in [3.8, 4) is 0 Å². The first-order chi connectivity index (χ1) is 8.01. The molecule has 0 bridgehead atoms. The predicted molar refractivity (Wildman–Crippen MR) is 69.4 cm³/mol. The fraction of sp³-hybridized carbons (Fsp3) is 0.444. The smallest absolute Gasteiger partial charge is 0.195 e. The molecule has 17 heavy (non-hydrogen) atoms. The minimum atomic E-state index is -2.95. The van der Waals surface area contributed by atoms with Gasteiger partial charge in [0, 0.05) is 23.6 Å². The number of aliphatic hydroxyl groups excluding tert-OH is 1. The van der Waals surface area contributed by atoms with Crippen LogP contribution in [0.1, 0.15) is 5.69 Å². The fourth-order valence-corrected chi connectivity index (χ4v) is 4.37. The summed E-state index contributed by atoms with van der Waals surface area (Å²) in [7, 11) is -2.95. The molecule has 0 aliphatic carbocycles. The van der Waals surface area contributed by atoms with Gasteiger partial charge >= 0.3 is 0 Å². The molecule has 0 amide bonds. The largest absolute Gasteiger partial charge is 0.390 e. The van der Waals surface area contributed by atoms with E-state index in [0.29, 0.717) is 10.8 Å². The maximum atomic E-state index is 11.0. The van der Waals surface area contributed by atoms with Gasteiger partial charge in [-0.2, -0.15) is 0 Å². The van der Waals surface area contributed by atoms with Crippen LogP contribution >= 0.6 is 23.1 Å². The van der Waals surface area contributed by atoms with Gasteiger partial charge in [0.1, 0.15) is 14.9 Å². The van der Waals surface area contributed by atoms with E-state index in [1.165, 1.54) is 29.4 Å². The van der Waals surface area contributed by atoms with Crippen molar-refractivity contribution in [3.05, 3.63) is 17.3 Å². The van der Waals surface area contributed by atoms with E-state index in [1.54, 1.807) is 0 Å². The van der Waals surface area contributed by atoms with Crippen molar-refractivity contribution in [1.29, 1.82) is 0 Å². The van der Waals surface area contributed by atoms with Gasteiger partial charge in [0.2, 0.25) is 0 Å². The lowest BCUT2D eigenvalue weighted by molar-refractivity contribution is 0.272. The maximum absolute atomic E-state index is 11.0. The zero-order valence-corrected chi connectivity index (χ0v) is 11.6. The molecule has 0 atom stereocenters. The molecule has 0 saturated carbocycles. The van der Waals surface area contributed by atoms with Crippen LogP contribution in [-0.4, -0.2) is 40.7 Å². The molecule has 5 nitrogen and oxygen atoms in total. The molecule has 0 fully saturated rings. The molecular formula is C9H12N2O3S3.